The van der Waals surface area contributed by atoms with Crippen molar-refractivity contribution in [2.75, 3.05) is 14.2 Å². The molecule has 0 atom stereocenters. The molecule has 7 nitrogen and oxygen atoms in total. The highest BCUT2D eigenvalue weighted by atomic mass is 19.1. The van der Waals surface area contributed by atoms with Crippen molar-refractivity contribution in [2.45, 2.75) is 6.61 Å². The average Bonchev–Trinajstić information content (AvgIpc) is 3.19. The molecule has 0 aliphatic rings. The zero-order chi connectivity index (χ0) is 19.9. The monoisotopic (exact) mass is 384 g/mol. The van der Waals surface area contributed by atoms with Gasteiger partial charge in [-0.2, -0.15) is 4.98 Å². The Labute approximate surface area is 160 Å². The normalized spacial score (nSPS) is 10.8. The molecule has 0 N–H and O–H groups in total. The van der Waals surface area contributed by atoms with E-state index in [9.17, 15) is 9.18 Å². The van der Waals surface area contributed by atoms with Crippen LogP contribution in [0, 0.1) is 5.82 Å². The summed E-state index contributed by atoms with van der Waals surface area (Å²) in [6.07, 6.45) is 2.82. The van der Waals surface area contributed by atoms with Gasteiger partial charge in [0.25, 0.3) is 5.89 Å². The van der Waals surface area contributed by atoms with Crippen LogP contribution in [0.3, 0.4) is 0 Å². The van der Waals surface area contributed by atoms with Gasteiger partial charge in [-0.25, -0.2) is 9.18 Å². The van der Waals surface area contributed by atoms with Gasteiger partial charge in [-0.1, -0.05) is 17.3 Å². The number of carbonyl (C=O) groups is 1. The highest BCUT2D eigenvalue weighted by Crippen LogP contribution is 2.31. The van der Waals surface area contributed by atoms with Crippen LogP contribution in [0.5, 0.6) is 11.5 Å². The van der Waals surface area contributed by atoms with Crippen LogP contribution in [0.1, 0.15) is 11.5 Å². The van der Waals surface area contributed by atoms with Crippen LogP contribution in [0.25, 0.3) is 17.5 Å². The van der Waals surface area contributed by atoms with Gasteiger partial charge in [-0.3, -0.25) is 0 Å². The summed E-state index contributed by atoms with van der Waals surface area (Å²) in [7, 11) is 3.05. The standard InChI is InChI=1S/C20H17FN2O5/c1-25-16-5-3-4-13(19(16)26-2)8-11-18(24)27-12-17-22-20(23-28-17)14-6-9-15(21)10-7-14/h3-11H,12H2,1-2H3/b11-8+. The Hall–Kier alpha value is -3.68. The van der Waals surface area contributed by atoms with E-state index in [-0.39, 0.29) is 24.1 Å². The van der Waals surface area contributed by atoms with Gasteiger partial charge in [-0.05, 0) is 36.4 Å². The summed E-state index contributed by atoms with van der Waals surface area (Å²) in [5, 5.41) is 3.78. The zero-order valence-corrected chi connectivity index (χ0v) is 15.2. The second-order valence-corrected chi connectivity index (χ2v) is 5.54. The molecule has 28 heavy (non-hydrogen) atoms. The fourth-order valence-corrected chi connectivity index (χ4v) is 2.41. The maximum Gasteiger partial charge on any atom is 0.331 e. The first-order valence-corrected chi connectivity index (χ1v) is 8.25. The Bertz CT molecular complexity index is 983. The first-order valence-electron chi connectivity index (χ1n) is 8.25. The van der Waals surface area contributed by atoms with Gasteiger partial charge in [-0.15, -0.1) is 0 Å². The predicted molar refractivity (Wildman–Crippen MR) is 98.1 cm³/mol. The maximum atomic E-state index is 13.0. The molecule has 0 fully saturated rings. The molecule has 1 heterocycles. The van der Waals surface area contributed by atoms with Gasteiger partial charge in [0.1, 0.15) is 5.82 Å². The molecule has 3 rings (SSSR count). The van der Waals surface area contributed by atoms with Crippen LogP contribution in [0.4, 0.5) is 4.39 Å². The number of carbonyl (C=O) groups excluding carboxylic acids is 1. The van der Waals surface area contributed by atoms with Crippen LogP contribution in [-0.4, -0.2) is 30.3 Å². The van der Waals surface area contributed by atoms with E-state index in [1.165, 1.54) is 44.6 Å². The molecule has 0 aliphatic carbocycles. The maximum absolute atomic E-state index is 13.0. The second-order valence-electron chi connectivity index (χ2n) is 5.54. The van der Waals surface area contributed by atoms with Crippen molar-refractivity contribution >= 4 is 12.0 Å². The highest BCUT2D eigenvalue weighted by molar-refractivity contribution is 5.87. The number of hydrogen-bond acceptors (Lipinski definition) is 7. The zero-order valence-electron chi connectivity index (χ0n) is 15.2. The van der Waals surface area contributed by atoms with Crippen molar-refractivity contribution in [1.29, 1.82) is 0 Å². The van der Waals surface area contributed by atoms with Crippen LogP contribution in [0.2, 0.25) is 0 Å². The first kappa shape index (κ1) is 19.1. The molecular formula is C20H17FN2O5. The average molecular weight is 384 g/mol. The predicted octanol–water partition coefficient (Wildman–Crippen LogP) is 3.65. The van der Waals surface area contributed by atoms with Crippen molar-refractivity contribution in [3.8, 4) is 22.9 Å². The third-order valence-electron chi connectivity index (χ3n) is 3.74. The van der Waals surface area contributed by atoms with Crippen molar-refractivity contribution in [1.82, 2.24) is 10.1 Å². The minimum atomic E-state index is -0.591. The third kappa shape index (κ3) is 4.53. The fraction of sp³-hybridized carbons (Fsp3) is 0.150. The Morgan fingerprint density at radius 1 is 1.14 bits per heavy atom. The highest BCUT2D eigenvalue weighted by Gasteiger charge is 2.11. The molecule has 8 heteroatoms. The Morgan fingerprint density at radius 3 is 2.64 bits per heavy atom. The molecule has 3 aromatic rings. The van der Waals surface area contributed by atoms with Gasteiger partial charge >= 0.3 is 5.97 Å². The molecule has 2 aromatic carbocycles. The number of nitrogens with zero attached hydrogens (tertiary/aromatic N) is 2. The van der Waals surface area contributed by atoms with Gasteiger partial charge in [0.05, 0.1) is 14.2 Å². The summed E-state index contributed by atoms with van der Waals surface area (Å²) in [5.74, 6) is 0.516. The number of ether oxygens (including phenoxy) is 3. The van der Waals surface area contributed by atoms with E-state index >= 15 is 0 Å². The fourth-order valence-electron chi connectivity index (χ4n) is 2.41. The van der Waals surface area contributed by atoms with Crippen molar-refractivity contribution < 1.29 is 27.9 Å². The molecule has 0 saturated carbocycles. The minimum absolute atomic E-state index is 0.125. The number of halogens is 1. The summed E-state index contributed by atoms with van der Waals surface area (Å²) in [6, 6.07) is 11.0. The summed E-state index contributed by atoms with van der Waals surface area (Å²) in [4.78, 5) is 16.1. The number of aromatic nitrogens is 2. The number of methoxy groups -OCH3 is 2. The van der Waals surface area contributed by atoms with Crippen LogP contribution < -0.4 is 9.47 Å². The molecule has 144 valence electrons. The summed E-state index contributed by atoms with van der Waals surface area (Å²) >= 11 is 0. The van der Waals surface area contributed by atoms with Crippen molar-refractivity contribution in [3.63, 3.8) is 0 Å². The van der Waals surface area contributed by atoms with Gasteiger partial charge in [0, 0.05) is 17.2 Å². The van der Waals surface area contributed by atoms with E-state index in [0.29, 0.717) is 22.6 Å². The van der Waals surface area contributed by atoms with E-state index in [0.717, 1.165) is 0 Å². The molecule has 0 unspecified atom stereocenters. The second kappa shape index (κ2) is 8.81. The van der Waals surface area contributed by atoms with Gasteiger partial charge < -0.3 is 18.7 Å². The van der Waals surface area contributed by atoms with E-state index < -0.39 is 5.97 Å². The van der Waals surface area contributed by atoms with Gasteiger partial charge in [0.2, 0.25) is 5.82 Å². The third-order valence-corrected chi connectivity index (χ3v) is 3.74. The lowest BCUT2D eigenvalue weighted by atomic mass is 10.1. The lowest BCUT2D eigenvalue weighted by Crippen LogP contribution is -2.01. The van der Waals surface area contributed by atoms with Crippen LogP contribution >= 0.6 is 0 Å². The Morgan fingerprint density at radius 2 is 1.93 bits per heavy atom. The number of rotatable bonds is 7. The van der Waals surface area contributed by atoms with E-state index in [1.54, 1.807) is 24.3 Å². The molecular weight excluding hydrogens is 367 g/mol. The number of hydrogen-bond donors (Lipinski definition) is 0. The first-order chi connectivity index (χ1) is 13.6. The van der Waals surface area contributed by atoms with Crippen LogP contribution in [-0.2, 0) is 16.1 Å². The quantitative estimate of drug-likeness (QED) is 0.454. The van der Waals surface area contributed by atoms with Crippen molar-refractivity contribution in [2.24, 2.45) is 0 Å². The number of esters is 1. The molecule has 0 amide bonds. The van der Waals surface area contributed by atoms with E-state index in [2.05, 4.69) is 10.1 Å². The van der Waals surface area contributed by atoms with E-state index in [4.69, 9.17) is 18.7 Å². The number of para-hydroxylation sites is 1. The molecule has 0 radical (unpaired) electrons. The Balaban J connectivity index is 1.61. The summed E-state index contributed by atoms with van der Waals surface area (Å²) in [5.41, 5.74) is 1.25. The van der Waals surface area contributed by atoms with Gasteiger partial charge in [0.15, 0.2) is 18.1 Å². The van der Waals surface area contributed by atoms with Crippen molar-refractivity contribution in [3.05, 3.63) is 65.8 Å². The Kier molecular flexibility index (Phi) is 6.01. The smallest absolute Gasteiger partial charge is 0.331 e. The largest absolute Gasteiger partial charge is 0.493 e. The lowest BCUT2D eigenvalue weighted by molar-refractivity contribution is -0.139. The molecule has 1 aromatic heterocycles. The number of benzene rings is 2. The van der Waals surface area contributed by atoms with Crippen LogP contribution in [0.15, 0.2) is 53.1 Å². The molecule has 0 spiro atoms. The lowest BCUT2D eigenvalue weighted by Gasteiger charge is -2.09. The SMILES string of the molecule is COc1cccc(/C=C/C(=O)OCc2nc(-c3ccc(F)cc3)no2)c1OC. The topological polar surface area (TPSA) is 83.7 Å². The molecule has 0 aliphatic heterocycles. The molecule has 0 bridgehead atoms. The molecule has 0 saturated heterocycles. The van der Waals surface area contributed by atoms with E-state index in [1.807, 2.05) is 0 Å². The summed E-state index contributed by atoms with van der Waals surface area (Å²) < 4.78 is 33.6. The minimum Gasteiger partial charge on any atom is -0.493 e. The summed E-state index contributed by atoms with van der Waals surface area (Å²) in [6.45, 7) is -0.188.